The molecule has 0 unspecified atom stereocenters. The summed E-state index contributed by atoms with van der Waals surface area (Å²) >= 11 is 0. The number of rotatable bonds is 7. The maximum absolute atomic E-state index is 11.8. The van der Waals surface area contributed by atoms with Crippen molar-refractivity contribution >= 4 is 17.6 Å². The molecule has 0 saturated carbocycles. The molecule has 0 aliphatic rings. The number of nitrogens with one attached hydrogen (secondary N) is 1. The molecule has 0 spiro atoms. The quantitative estimate of drug-likeness (QED) is 0.812. The fourth-order valence-electron chi connectivity index (χ4n) is 2.00. The van der Waals surface area contributed by atoms with Crippen LogP contribution in [0.1, 0.15) is 44.2 Å². The smallest absolute Gasteiger partial charge is 0.224 e. The summed E-state index contributed by atoms with van der Waals surface area (Å²) in [7, 11) is 0. The molecule has 0 aromatic heterocycles. The van der Waals surface area contributed by atoms with Crippen LogP contribution in [-0.2, 0) is 22.4 Å². The molecule has 0 saturated heterocycles. The number of benzene rings is 1. The van der Waals surface area contributed by atoms with Crippen molar-refractivity contribution in [2.45, 2.75) is 46.0 Å². The third kappa shape index (κ3) is 4.73. The van der Waals surface area contributed by atoms with Crippen molar-refractivity contribution in [3.8, 4) is 0 Å². The Kier molecular flexibility index (Phi) is 6.06. The van der Waals surface area contributed by atoms with Crippen LogP contribution in [0.3, 0.4) is 0 Å². The van der Waals surface area contributed by atoms with Gasteiger partial charge in [-0.2, -0.15) is 0 Å². The molecule has 4 nitrogen and oxygen atoms in total. The normalized spacial score (nSPS) is 10.2. The Morgan fingerprint density at radius 3 is 2.16 bits per heavy atom. The topological polar surface area (TPSA) is 69.2 Å². The molecule has 0 heterocycles. The van der Waals surface area contributed by atoms with E-state index in [1.165, 1.54) is 0 Å². The molecule has 1 rings (SSSR count). The first kappa shape index (κ1) is 15.2. The van der Waals surface area contributed by atoms with E-state index < -0.39 is 5.97 Å². The van der Waals surface area contributed by atoms with Gasteiger partial charge in [0.1, 0.15) is 0 Å². The third-order valence-corrected chi connectivity index (χ3v) is 3.05. The summed E-state index contributed by atoms with van der Waals surface area (Å²) < 4.78 is 0. The predicted octanol–water partition coefficient (Wildman–Crippen LogP) is 1.67. The number of aryl methyl sites for hydroxylation is 2. The van der Waals surface area contributed by atoms with E-state index in [0.717, 1.165) is 29.7 Å². The molecule has 1 amide bonds. The SMILES string of the molecule is CCc1cccc(CC)c1NC(=O)CCCC(=O)[O-]. The number of carboxylic acid groups (broad SMARTS) is 1. The Balaban J connectivity index is 2.69. The fraction of sp³-hybridized carbons (Fsp3) is 0.467. The zero-order valence-electron chi connectivity index (χ0n) is 11.5. The van der Waals surface area contributed by atoms with Gasteiger partial charge in [-0.1, -0.05) is 32.0 Å². The van der Waals surface area contributed by atoms with E-state index in [-0.39, 0.29) is 18.7 Å². The van der Waals surface area contributed by atoms with Crippen molar-refractivity contribution in [3.05, 3.63) is 29.3 Å². The molecule has 0 aliphatic heterocycles. The second-order valence-electron chi connectivity index (χ2n) is 4.43. The van der Waals surface area contributed by atoms with E-state index in [0.29, 0.717) is 6.42 Å². The number of carboxylic acids is 1. The molecule has 0 fully saturated rings. The molecule has 1 aromatic carbocycles. The van der Waals surface area contributed by atoms with Gasteiger partial charge in [0, 0.05) is 18.1 Å². The van der Waals surface area contributed by atoms with Crippen molar-refractivity contribution in [2.75, 3.05) is 5.32 Å². The van der Waals surface area contributed by atoms with E-state index in [9.17, 15) is 14.7 Å². The van der Waals surface area contributed by atoms with Crippen LogP contribution in [0.2, 0.25) is 0 Å². The molecule has 0 aliphatic carbocycles. The number of carbonyl (C=O) groups is 2. The predicted molar refractivity (Wildman–Crippen MR) is 72.7 cm³/mol. The highest BCUT2D eigenvalue weighted by Gasteiger charge is 2.09. The number of hydrogen-bond acceptors (Lipinski definition) is 3. The first-order valence-electron chi connectivity index (χ1n) is 6.68. The zero-order valence-corrected chi connectivity index (χ0v) is 11.5. The van der Waals surface area contributed by atoms with E-state index in [1.54, 1.807) is 0 Å². The van der Waals surface area contributed by atoms with Gasteiger partial charge >= 0.3 is 0 Å². The second-order valence-corrected chi connectivity index (χ2v) is 4.43. The van der Waals surface area contributed by atoms with Gasteiger partial charge in [-0.05, 0) is 36.8 Å². The fourth-order valence-corrected chi connectivity index (χ4v) is 2.00. The van der Waals surface area contributed by atoms with Crippen LogP contribution < -0.4 is 10.4 Å². The lowest BCUT2D eigenvalue weighted by Gasteiger charge is -2.14. The molecule has 0 bridgehead atoms. The number of aliphatic carboxylic acids is 1. The molecule has 1 N–H and O–H groups in total. The second kappa shape index (κ2) is 7.56. The minimum Gasteiger partial charge on any atom is -0.550 e. The number of anilines is 1. The standard InChI is InChI=1S/C15H21NO3/c1-3-11-7-5-8-12(4-2)15(11)16-13(17)9-6-10-14(18)19/h5,7-8H,3-4,6,9-10H2,1-2H3,(H,16,17)(H,18,19)/p-1. The number of carbonyl (C=O) groups excluding carboxylic acids is 2. The van der Waals surface area contributed by atoms with E-state index >= 15 is 0 Å². The minimum absolute atomic E-state index is 0.0799. The van der Waals surface area contributed by atoms with E-state index in [2.05, 4.69) is 5.32 Å². The van der Waals surface area contributed by atoms with E-state index in [1.807, 2.05) is 32.0 Å². The molecule has 4 heteroatoms. The highest BCUT2D eigenvalue weighted by molar-refractivity contribution is 5.92. The molecular weight excluding hydrogens is 242 g/mol. The molecule has 19 heavy (non-hydrogen) atoms. The summed E-state index contributed by atoms with van der Waals surface area (Å²) in [5.41, 5.74) is 3.09. The van der Waals surface area contributed by atoms with Gasteiger partial charge in [-0.15, -0.1) is 0 Å². The maximum Gasteiger partial charge on any atom is 0.224 e. The van der Waals surface area contributed by atoms with Gasteiger partial charge in [-0.25, -0.2) is 0 Å². The average molecular weight is 262 g/mol. The molecule has 0 radical (unpaired) electrons. The molecule has 0 atom stereocenters. The van der Waals surface area contributed by atoms with Crippen molar-refractivity contribution in [1.29, 1.82) is 0 Å². The van der Waals surface area contributed by atoms with Gasteiger partial charge in [0.15, 0.2) is 0 Å². The minimum atomic E-state index is -1.11. The first-order chi connectivity index (χ1) is 9.08. The first-order valence-corrected chi connectivity index (χ1v) is 6.68. The van der Waals surface area contributed by atoms with Gasteiger partial charge in [0.05, 0.1) is 0 Å². The van der Waals surface area contributed by atoms with E-state index in [4.69, 9.17) is 0 Å². The third-order valence-electron chi connectivity index (χ3n) is 3.05. The van der Waals surface area contributed by atoms with Crippen LogP contribution in [0.15, 0.2) is 18.2 Å². The Labute approximate surface area is 113 Å². The Morgan fingerprint density at radius 2 is 1.68 bits per heavy atom. The van der Waals surface area contributed by atoms with Crippen molar-refractivity contribution in [3.63, 3.8) is 0 Å². The zero-order chi connectivity index (χ0) is 14.3. The Morgan fingerprint density at radius 1 is 1.11 bits per heavy atom. The van der Waals surface area contributed by atoms with Crippen LogP contribution in [-0.4, -0.2) is 11.9 Å². The number of para-hydroxylation sites is 1. The van der Waals surface area contributed by atoms with Crippen LogP contribution in [0, 0.1) is 0 Å². The van der Waals surface area contributed by atoms with Crippen LogP contribution in [0.4, 0.5) is 5.69 Å². The highest BCUT2D eigenvalue weighted by atomic mass is 16.4. The Bertz CT molecular complexity index is 432. The monoisotopic (exact) mass is 262 g/mol. The average Bonchev–Trinajstić information content (AvgIpc) is 2.38. The van der Waals surface area contributed by atoms with Gasteiger partial charge in [-0.3, -0.25) is 4.79 Å². The summed E-state index contributed by atoms with van der Waals surface area (Å²) in [4.78, 5) is 22.1. The van der Waals surface area contributed by atoms with Crippen LogP contribution in [0.5, 0.6) is 0 Å². The summed E-state index contributed by atoms with van der Waals surface area (Å²) in [6.45, 7) is 4.08. The van der Waals surface area contributed by atoms with Gasteiger partial charge in [0.25, 0.3) is 0 Å². The van der Waals surface area contributed by atoms with Crippen molar-refractivity contribution in [1.82, 2.24) is 0 Å². The van der Waals surface area contributed by atoms with Gasteiger partial charge in [0.2, 0.25) is 5.91 Å². The lowest BCUT2D eigenvalue weighted by molar-refractivity contribution is -0.305. The lowest BCUT2D eigenvalue weighted by atomic mass is 10.0. The molecule has 1 aromatic rings. The molecule has 104 valence electrons. The van der Waals surface area contributed by atoms with Gasteiger partial charge < -0.3 is 15.2 Å². The number of hydrogen-bond donors (Lipinski definition) is 1. The highest BCUT2D eigenvalue weighted by Crippen LogP contribution is 2.22. The summed E-state index contributed by atoms with van der Waals surface area (Å²) in [5.74, 6) is -1.26. The number of amides is 1. The summed E-state index contributed by atoms with van der Waals surface area (Å²) in [6.07, 6.45) is 2.13. The van der Waals surface area contributed by atoms with Crippen molar-refractivity contribution in [2.24, 2.45) is 0 Å². The Hall–Kier alpha value is -1.84. The summed E-state index contributed by atoms with van der Waals surface area (Å²) in [6, 6.07) is 5.98. The molecular formula is C15H20NO3-. The summed E-state index contributed by atoms with van der Waals surface area (Å²) in [5, 5.41) is 13.2. The van der Waals surface area contributed by atoms with Crippen LogP contribution in [0.25, 0.3) is 0 Å². The van der Waals surface area contributed by atoms with Crippen LogP contribution >= 0.6 is 0 Å². The lowest BCUT2D eigenvalue weighted by Crippen LogP contribution is -2.22. The maximum atomic E-state index is 11.8. The van der Waals surface area contributed by atoms with Crippen molar-refractivity contribution < 1.29 is 14.7 Å². The largest absolute Gasteiger partial charge is 0.550 e.